The molecular formula is C12H23NO3. The number of ether oxygens (including phenoxy) is 1. The smallest absolute Gasteiger partial charge is 0.307 e. The Morgan fingerprint density at radius 3 is 2.19 bits per heavy atom. The molecule has 0 bridgehead atoms. The summed E-state index contributed by atoms with van der Waals surface area (Å²) in [4.78, 5) is 24.7. The molecule has 0 heterocycles. The van der Waals surface area contributed by atoms with Gasteiger partial charge in [0.25, 0.3) is 0 Å². The van der Waals surface area contributed by atoms with Gasteiger partial charge in [0.05, 0.1) is 13.5 Å². The van der Waals surface area contributed by atoms with E-state index in [9.17, 15) is 9.59 Å². The van der Waals surface area contributed by atoms with E-state index in [1.165, 1.54) is 7.11 Å². The lowest BCUT2D eigenvalue weighted by atomic mass is 9.96. The highest BCUT2D eigenvalue weighted by Gasteiger charge is 2.22. The zero-order valence-electron chi connectivity index (χ0n) is 10.9. The molecule has 1 atom stereocenters. The summed E-state index contributed by atoms with van der Waals surface area (Å²) in [5, 5.41) is 0. The van der Waals surface area contributed by atoms with Crippen molar-refractivity contribution in [2.75, 3.05) is 20.2 Å². The first-order valence-electron chi connectivity index (χ1n) is 5.79. The standard InChI is InChI=1S/C12H23NO3/c1-6-13(8-7-11(14)16-5)12(15)10(4)9(2)3/h9-10H,6-8H2,1-5H3. The molecular weight excluding hydrogens is 206 g/mol. The van der Waals surface area contributed by atoms with Crippen molar-refractivity contribution < 1.29 is 14.3 Å². The molecule has 94 valence electrons. The van der Waals surface area contributed by atoms with Crippen LogP contribution in [0.15, 0.2) is 0 Å². The predicted octanol–water partition coefficient (Wildman–Crippen LogP) is 1.69. The van der Waals surface area contributed by atoms with Crippen molar-refractivity contribution >= 4 is 11.9 Å². The highest BCUT2D eigenvalue weighted by molar-refractivity contribution is 5.79. The van der Waals surface area contributed by atoms with Gasteiger partial charge >= 0.3 is 5.97 Å². The molecule has 0 aliphatic rings. The molecule has 1 amide bonds. The summed E-state index contributed by atoms with van der Waals surface area (Å²) >= 11 is 0. The maximum atomic E-state index is 12.0. The summed E-state index contributed by atoms with van der Waals surface area (Å²) in [7, 11) is 1.36. The largest absolute Gasteiger partial charge is 0.469 e. The first kappa shape index (κ1) is 14.9. The fraction of sp³-hybridized carbons (Fsp3) is 0.833. The maximum absolute atomic E-state index is 12.0. The molecule has 0 fully saturated rings. The SMILES string of the molecule is CCN(CCC(=O)OC)C(=O)C(C)C(C)C. The number of hydrogen-bond donors (Lipinski definition) is 0. The Kier molecular flexibility index (Phi) is 6.77. The van der Waals surface area contributed by atoms with Crippen LogP contribution in [0.5, 0.6) is 0 Å². The second-order valence-electron chi connectivity index (χ2n) is 4.28. The Balaban J connectivity index is 4.27. The Bertz CT molecular complexity index is 238. The summed E-state index contributed by atoms with van der Waals surface area (Å²) in [5.41, 5.74) is 0. The van der Waals surface area contributed by atoms with E-state index in [2.05, 4.69) is 4.74 Å². The van der Waals surface area contributed by atoms with Crippen LogP contribution in [0.2, 0.25) is 0 Å². The summed E-state index contributed by atoms with van der Waals surface area (Å²) in [5.74, 6) is 0.155. The Morgan fingerprint density at radius 2 is 1.81 bits per heavy atom. The van der Waals surface area contributed by atoms with Gasteiger partial charge in [-0.2, -0.15) is 0 Å². The second kappa shape index (κ2) is 7.25. The number of esters is 1. The van der Waals surface area contributed by atoms with Crippen molar-refractivity contribution in [2.24, 2.45) is 11.8 Å². The third-order valence-electron chi connectivity index (χ3n) is 2.90. The van der Waals surface area contributed by atoms with E-state index in [-0.39, 0.29) is 24.2 Å². The normalized spacial score (nSPS) is 12.4. The van der Waals surface area contributed by atoms with Crippen LogP contribution in [0.25, 0.3) is 0 Å². The highest BCUT2D eigenvalue weighted by Crippen LogP contribution is 2.13. The lowest BCUT2D eigenvalue weighted by Gasteiger charge is -2.25. The molecule has 0 spiro atoms. The molecule has 4 nitrogen and oxygen atoms in total. The lowest BCUT2D eigenvalue weighted by molar-refractivity contribution is -0.142. The predicted molar refractivity (Wildman–Crippen MR) is 62.9 cm³/mol. The van der Waals surface area contributed by atoms with Gasteiger partial charge in [0.2, 0.25) is 5.91 Å². The molecule has 0 aromatic carbocycles. The first-order chi connectivity index (χ1) is 7.43. The molecule has 1 unspecified atom stereocenters. The minimum atomic E-state index is -0.275. The van der Waals surface area contributed by atoms with Crippen molar-refractivity contribution in [3.05, 3.63) is 0 Å². The van der Waals surface area contributed by atoms with Gasteiger partial charge in [-0.25, -0.2) is 0 Å². The molecule has 0 aliphatic heterocycles. The summed E-state index contributed by atoms with van der Waals surface area (Å²) in [6.07, 6.45) is 0.265. The fourth-order valence-electron chi connectivity index (χ4n) is 1.33. The quantitative estimate of drug-likeness (QED) is 0.651. The van der Waals surface area contributed by atoms with Crippen LogP contribution in [0.4, 0.5) is 0 Å². The summed E-state index contributed by atoms with van der Waals surface area (Å²) in [6.45, 7) is 8.97. The zero-order chi connectivity index (χ0) is 12.7. The number of hydrogen-bond acceptors (Lipinski definition) is 3. The molecule has 0 aromatic heterocycles. The zero-order valence-corrected chi connectivity index (χ0v) is 10.9. The monoisotopic (exact) mass is 229 g/mol. The van der Waals surface area contributed by atoms with Crippen LogP contribution in [0.1, 0.15) is 34.1 Å². The van der Waals surface area contributed by atoms with E-state index >= 15 is 0 Å². The Labute approximate surface area is 98.0 Å². The van der Waals surface area contributed by atoms with E-state index in [4.69, 9.17) is 0 Å². The average Bonchev–Trinajstić information content (AvgIpc) is 2.27. The Morgan fingerprint density at radius 1 is 1.25 bits per heavy atom. The lowest BCUT2D eigenvalue weighted by Crippen LogP contribution is -2.38. The molecule has 0 aromatic rings. The van der Waals surface area contributed by atoms with Crippen LogP contribution >= 0.6 is 0 Å². The molecule has 4 heteroatoms. The van der Waals surface area contributed by atoms with Crippen molar-refractivity contribution in [2.45, 2.75) is 34.1 Å². The second-order valence-corrected chi connectivity index (χ2v) is 4.28. The van der Waals surface area contributed by atoms with Crippen LogP contribution in [-0.4, -0.2) is 37.0 Å². The van der Waals surface area contributed by atoms with Gasteiger partial charge in [0, 0.05) is 19.0 Å². The summed E-state index contributed by atoms with van der Waals surface area (Å²) in [6, 6.07) is 0. The highest BCUT2D eigenvalue weighted by atomic mass is 16.5. The number of nitrogens with zero attached hydrogens (tertiary/aromatic N) is 1. The van der Waals surface area contributed by atoms with Gasteiger partial charge in [0.15, 0.2) is 0 Å². The molecule has 0 saturated heterocycles. The van der Waals surface area contributed by atoms with Crippen LogP contribution in [-0.2, 0) is 14.3 Å². The number of carbonyl (C=O) groups is 2. The van der Waals surface area contributed by atoms with Crippen molar-refractivity contribution in [1.29, 1.82) is 0 Å². The minimum Gasteiger partial charge on any atom is -0.469 e. The molecule has 0 N–H and O–H groups in total. The number of methoxy groups -OCH3 is 1. The van der Waals surface area contributed by atoms with Crippen molar-refractivity contribution in [1.82, 2.24) is 4.90 Å². The summed E-state index contributed by atoms with van der Waals surface area (Å²) < 4.78 is 4.56. The maximum Gasteiger partial charge on any atom is 0.307 e. The molecule has 0 rings (SSSR count). The van der Waals surface area contributed by atoms with Crippen molar-refractivity contribution in [3.63, 3.8) is 0 Å². The van der Waals surface area contributed by atoms with E-state index in [0.29, 0.717) is 19.0 Å². The van der Waals surface area contributed by atoms with E-state index in [1.807, 2.05) is 27.7 Å². The van der Waals surface area contributed by atoms with Crippen LogP contribution in [0, 0.1) is 11.8 Å². The molecule has 0 radical (unpaired) electrons. The van der Waals surface area contributed by atoms with Crippen LogP contribution < -0.4 is 0 Å². The third-order valence-corrected chi connectivity index (χ3v) is 2.90. The molecule has 0 aliphatic carbocycles. The van der Waals surface area contributed by atoms with Gasteiger partial charge in [-0.05, 0) is 12.8 Å². The first-order valence-corrected chi connectivity index (χ1v) is 5.79. The van der Waals surface area contributed by atoms with Gasteiger partial charge in [-0.1, -0.05) is 20.8 Å². The van der Waals surface area contributed by atoms with E-state index < -0.39 is 0 Å². The number of amides is 1. The topological polar surface area (TPSA) is 46.6 Å². The van der Waals surface area contributed by atoms with E-state index in [0.717, 1.165) is 0 Å². The Hall–Kier alpha value is -1.06. The number of carbonyl (C=O) groups excluding carboxylic acids is 2. The van der Waals surface area contributed by atoms with Gasteiger partial charge in [-0.3, -0.25) is 9.59 Å². The van der Waals surface area contributed by atoms with Crippen LogP contribution in [0.3, 0.4) is 0 Å². The van der Waals surface area contributed by atoms with Crippen molar-refractivity contribution in [3.8, 4) is 0 Å². The van der Waals surface area contributed by atoms with Gasteiger partial charge < -0.3 is 9.64 Å². The fourth-order valence-corrected chi connectivity index (χ4v) is 1.33. The van der Waals surface area contributed by atoms with Gasteiger partial charge in [0.1, 0.15) is 0 Å². The molecule has 0 saturated carbocycles. The third kappa shape index (κ3) is 4.64. The number of rotatable bonds is 6. The average molecular weight is 229 g/mol. The minimum absolute atomic E-state index is 0.00223. The van der Waals surface area contributed by atoms with Gasteiger partial charge in [-0.15, -0.1) is 0 Å². The van der Waals surface area contributed by atoms with E-state index in [1.54, 1.807) is 4.90 Å². The molecule has 16 heavy (non-hydrogen) atoms.